The van der Waals surface area contributed by atoms with Crippen LogP contribution in [0, 0.1) is 13.8 Å². The number of anilines is 2. The van der Waals surface area contributed by atoms with Crippen LogP contribution in [0.15, 0.2) is 48.5 Å². The quantitative estimate of drug-likeness (QED) is 0.681. The first-order chi connectivity index (χ1) is 13.0. The molecule has 3 aromatic rings. The van der Waals surface area contributed by atoms with E-state index in [1.807, 2.05) is 49.4 Å². The molecule has 0 bridgehead atoms. The molecule has 1 heterocycles. The van der Waals surface area contributed by atoms with Crippen LogP contribution in [-0.4, -0.2) is 24.0 Å². The number of pyridine rings is 1. The molecule has 0 spiro atoms. The number of benzene rings is 2. The van der Waals surface area contributed by atoms with E-state index in [0.29, 0.717) is 6.42 Å². The molecule has 4 heteroatoms. The fourth-order valence-electron chi connectivity index (χ4n) is 3.38. The second-order valence-corrected chi connectivity index (χ2v) is 6.92. The van der Waals surface area contributed by atoms with E-state index < -0.39 is 0 Å². The fourth-order valence-corrected chi connectivity index (χ4v) is 3.38. The largest absolute Gasteiger partial charge is 0.357 e. The monoisotopic (exact) mass is 361 g/mol. The Morgan fingerprint density at radius 3 is 2.52 bits per heavy atom. The Hall–Kier alpha value is -2.88. The summed E-state index contributed by atoms with van der Waals surface area (Å²) < 4.78 is 0. The number of hydrogen-bond donors (Lipinski definition) is 1. The molecule has 2 aromatic carbocycles. The van der Waals surface area contributed by atoms with Crippen molar-refractivity contribution in [3.8, 4) is 0 Å². The standard InChI is InChI=1S/C23H27N3O/c1-5-26(6-2)22-13-17(4)20-15-19(10-11-21(20)25-22)24-23(27)14-18-9-7-8-16(3)12-18/h7-13,15H,5-6,14H2,1-4H3,(H,24,27). The maximum atomic E-state index is 12.4. The van der Waals surface area contributed by atoms with Gasteiger partial charge < -0.3 is 10.2 Å². The second kappa shape index (κ2) is 8.21. The summed E-state index contributed by atoms with van der Waals surface area (Å²) in [5.41, 5.74) is 5.11. The maximum absolute atomic E-state index is 12.4. The minimum absolute atomic E-state index is 0.00896. The van der Waals surface area contributed by atoms with E-state index in [-0.39, 0.29) is 5.91 Å². The van der Waals surface area contributed by atoms with Crippen molar-refractivity contribution in [2.75, 3.05) is 23.3 Å². The van der Waals surface area contributed by atoms with Crippen LogP contribution in [0.25, 0.3) is 10.9 Å². The average molecular weight is 361 g/mol. The molecule has 1 N–H and O–H groups in total. The fraction of sp³-hybridized carbons (Fsp3) is 0.304. The molecule has 0 atom stereocenters. The summed E-state index contributed by atoms with van der Waals surface area (Å²) in [6.45, 7) is 10.3. The van der Waals surface area contributed by atoms with Gasteiger partial charge in [0.1, 0.15) is 5.82 Å². The third kappa shape index (κ3) is 4.45. The Kier molecular flexibility index (Phi) is 5.75. The molecule has 1 amide bonds. The summed E-state index contributed by atoms with van der Waals surface area (Å²) in [5, 5.41) is 4.08. The van der Waals surface area contributed by atoms with Crippen LogP contribution < -0.4 is 10.2 Å². The molecule has 0 radical (unpaired) electrons. The van der Waals surface area contributed by atoms with Gasteiger partial charge in [-0.15, -0.1) is 0 Å². The zero-order valence-corrected chi connectivity index (χ0v) is 16.5. The highest BCUT2D eigenvalue weighted by Crippen LogP contribution is 2.25. The lowest BCUT2D eigenvalue weighted by molar-refractivity contribution is -0.115. The van der Waals surface area contributed by atoms with Crippen LogP contribution in [0.3, 0.4) is 0 Å². The number of carbonyl (C=O) groups is 1. The van der Waals surface area contributed by atoms with E-state index in [0.717, 1.165) is 52.2 Å². The van der Waals surface area contributed by atoms with E-state index in [9.17, 15) is 4.79 Å². The molecule has 0 aliphatic heterocycles. The first-order valence-corrected chi connectivity index (χ1v) is 9.52. The number of fused-ring (bicyclic) bond motifs is 1. The molecular weight excluding hydrogens is 334 g/mol. The lowest BCUT2D eigenvalue weighted by Crippen LogP contribution is -2.23. The van der Waals surface area contributed by atoms with Gasteiger partial charge in [0, 0.05) is 24.2 Å². The van der Waals surface area contributed by atoms with Crippen molar-refractivity contribution in [1.29, 1.82) is 0 Å². The number of nitrogens with zero attached hydrogens (tertiary/aromatic N) is 2. The Bertz CT molecular complexity index is 961. The summed E-state index contributed by atoms with van der Waals surface area (Å²) >= 11 is 0. The topological polar surface area (TPSA) is 45.2 Å². The number of nitrogens with one attached hydrogen (secondary N) is 1. The number of hydrogen-bond acceptors (Lipinski definition) is 3. The zero-order chi connectivity index (χ0) is 19.4. The Balaban J connectivity index is 1.81. The molecule has 0 saturated heterocycles. The predicted octanol–water partition coefficient (Wildman–Crippen LogP) is 4.88. The summed E-state index contributed by atoms with van der Waals surface area (Å²) in [7, 11) is 0. The highest BCUT2D eigenvalue weighted by Gasteiger charge is 2.10. The predicted molar refractivity (Wildman–Crippen MR) is 114 cm³/mol. The van der Waals surface area contributed by atoms with Gasteiger partial charge in [-0.2, -0.15) is 0 Å². The van der Waals surface area contributed by atoms with Gasteiger partial charge in [0.15, 0.2) is 0 Å². The minimum atomic E-state index is -0.00896. The highest BCUT2D eigenvalue weighted by atomic mass is 16.1. The number of carbonyl (C=O) groups excluding carboxylic acids is 1. The average Bonchev–Trinajstić information content (AvgIpc) is 2.63. The van der Waals surface area contributed by atoms with Gasteiger partial charge >= 0.3 is 0 Å². The van der Waals surface area contributed by atoms with Gasteiger partial charge in [-0.25, -0.2) is 4.98 Å². The lowest BCUT2D eigenvalue weighted by Gasteiger charge is -2.21. The molecule has 27 heavy (non-hydrogen) atoms. The lowest BCUT2D eigenvalue weighted by atomic mass is 10.1. The maximum Gasteiger partial charge on any atom is 0.228 e. The minimum Gasteiger partial charge on any atom is -0.357 e. The molecular formula is C23H27N3O. The van der Waals surface area contributed by atoms with Crippen molar-refractivity contribution in [2.45, 2.75) is 34.1 Å². The number of amides is 1. The Morgan fingerprint density at radius 1 is 1.04 bits per heavy atom. The van der Waals surface area contributed by atoms with Gasteiger partial charge in [0.25, 0.3) is 0 Å². The van der Waals surface area contributed by atoms with Gasteiger partial charge in [0.2, 0.25) is 5.91 Å². The van der Waals surface area contributed by atoms with E-state index >= 15 is 0 Å². The second-order valence-electron chi connectivity index (χ2n) is 6.92. The van der Waals surface area contributed by atoms with Crippen molar-refractivity contribution >= 4 is 28.3 Å². The van der Waals surface area contributed by atoms with E-state index in [1.165, 1.54) is 0 Å². The zero-order valence-electron chi connectivity index (χ0n) is 16.5. The van der Waals surface area contributed by atoms with Crippen molar-refractivity contribution in [3.05, 3.63) is 65.2 Å². The highest BCUT2D eigenvalue weighted by molar-refractivity contribution is 5.95. The molecule has 3 rings (SSSR count). The molecule has 0 aliphatic carbocycles. The van der Waals surface area contributed by atoms with E-state index in [1.54, 1.807) is 0 Å². The van der Waals surface area contributed by atoms with Gasteiger partial charge in [-0.1, -0.05) is 29.8 Å². The van der Waals surface area contributed by atoms with Crippen molar-refractivity contribution in [2.24, 2.45) is 0 Å². The van der Waals surface area contributed by atoms with Gasteiger partial charge in [-0.05, 0) is 63.1 Å². The van der Waals surface area contributed by atoms with Crippen molar-refractivity contribution < 1.29 is 4.79 Å². The van der Waals surface area contributed by atoms with Crippen molar-refractivity contribution in [1.82, 2.24) is 4.98 Å². The molecule has 140 valence electrons. The molecule has 0 fully saturated rings. The molecule has 0 saturated carbocycles. The molecule has 0 aliphatic rings. The van der Waals surface area contributed by atoms with Crippen LogP contribution in [0.5, 0.6) is 0 Å². The van der Waals surface area contributed by atoms with E-state index in [4.69, 9.17) is 4.98 Å². The molecule has 1 aromatic heterocycles. The van der Waals surface area contributed by atoms with Crippen LogP contribution in [0.2, 0.25) is 0 Å². The summed E-state index contributed by atoms with van der Waals surface area (Å²) in [5.74, 6) is 0.992. The van der Waals surface area contributed by atoms with Crippen LogP contribution in [0.4, 0.5) is 11.5 Å². The number of rotatable bonds is 6. The summed E-state index contributed by atoms with van der Waals surface area (Å²) in [6.07, 6.45) is 0.373. The Morgan fingerprint density at radius 2 is 1.81 bits per heavy atom. The SMILES string of the molecule is CCN(CC)c1cc(C)c2cc(NC(=O)Cc3cccc(C)c3)ccc2n1. The third-order valence-corrected chi connectivity index (χ3v) is 4.82. The van der Waals surface area contributed by atoms with Crippen LogP contribution in [-0.2, 0) is 11.2 Å². The van der Waals surface area contributed by atoms with Gasteiger partial charge in [0.05, 0.1) is 11.9 Å². The summed E-state index contributed by atoms with van der Waals surface area (Å²) in [4.78, 5) is 19.4. The van der Waals surface area contributed by atoms with Crippen LogP contribution in [0.1, 0.15) is 30.5 Å². The first-order valence-electron chi connectivity index (χ1n) is 9.52. The normalized spacial score (nSPS) is 10.8. The molecule has 4 nitrogen and oxygen atoms in total. The van der Waals surface area contributed by atoms with Gasteiger partial charge in [-0.3, -0.25) is 4.79 Å². The molecule has 0 unspecified atom stereocenters. The third-order valence-electron chi connectivity index (χ3n) is 4.82. The van der Waals surface area contributed by atoms with Crippen molar-refractivity contribution in [3.63, 3.8) is 0 Å². The van der Waals surface area contributed by atoms with Crippen LogP contribution >= 0.6 is 0 Å². The number of aromatic nitrogens is 1. The number of aryl methyl sites for hydroxylation is 2. The van der Waals surface area contributed by atoms with E-state index in [2.05, 4.69) is 37.1 Å². The first kappa shape index (κ1) is 18.9. The smallest absolute Gasteiger partial charge is 0.228 e. The Labute approximate surface area is 161 Å². The summed E-state index contributed by atoms with van der Waals surface area (Å²) in [6, 6.07) is 16.1.